The van der Waals surface area contributed by atoms with E-state index in [-0.39, 0.29) is 5.91 Å². The highest BCUT2D eigenvalue weighted by atomic mass is 16.5. The van der Waals surface area contributed by atoms with Crippen molar-refractivity contribution in [3.05, 3.63) is 48.0 Å². The summed E-state index contributed by atoms with van der Waals surface area (Å²) >= 11 is 0. The van der Waals surface area contributed by atoms with Crippen LogP contribution in [0.2, 0.25) is 0 Å². The van der Waals surface area contributed by atoms with Crippen LogP contribution < -0.4 is 19.5 Å². The molecular weight excluding hydrogens is 282 g/mol. The zero-order valence-corrected chi connectivity index (χ0v) is 12.9. The fourth-order valence-electron chi connectivity index (χ4n) is 1.96. The van der Waals surface area contributed by atoms with Gasteiger partial charge < -0.3 is 19.5 Å². The van der Waals surface area contributed by atoms with Crippen molar-refractivity contribution >= 4 is 11.6 Å². The molecule has 1 amide bonds. The minimum Gasteiger partial charge on any atom is -0.497 e. The molecule has 0 aliphatic carbocycles. The Morgan fingerprint density at radius 1 is 1.00 bits per heavy atom. The molecule has 0 saturated carbocycles. The van der Waals surface area contributed by atoms with Gasteiger partial charge in [-0.1, -0.05) is 0 Å². The third-order valence-electron chi connectivity index (χ3n) is 3.07. The standard InChI is InChI=1S/C17H19NO4/c1-4-22-15-10-5-12(11-16(15)21-3)17(19)18-13-6-8-14(20-2)9-7-13/h5-11H,4H2,1-3H3,(H,18,19). The van der Waals surface area contributed by atoms with E-state index in [1.165, 1.54) is 0 Å². The predicted molar refractivity (Wildman–Crippen MR) is 85.1 cm³/mol. The molecule has 0 saturated heterocycles. The first-order valence-corrected chi connectivity index (χ1v) is 6.94. The minimum atomic E-state index is -0.216. The van der Waals surface area contributed by atoms with Crippen molar-refractivity contribution in [2.24, 2.45) is 0 Å². The molecule has 0 unspecified atom stereocenters. The summed E-state index contributed by atoms with van der Waals surface area (Å²) in [6.07, 6.45) is 0. The molecule has 2 aromatic carbocycles. The average Bonchev–Trinajstić information content (AvgIpc) is 2.56. The van der Waals surface area contributed by atoms with Crippen LogP contribution in [0.3, 0.4) is 0 Å². The van der Waals surface area contributed by atoms with E-state index >= 15 is 0 Å². The van der Waals surface area contributed by atoms with Crippen molar-refractivity contribution in [2.75, 3.05) is 26.1 Å². The molecule has 0 heterocycles. The first kappa shape index (κ1) is 15.7. The fourth-order valence-corrected chi connectivity index (χ4v) is 1.96. The zero-order valence-electron chi connectivity index (χ0n) is 12.9. The highest BCUT2D eigenvalue weighted by Gasteiger charge is 2.11. The van der Waals surface area contributed by atoms with Crippen molar-refractivity contribution in [1.82, 2.24) is 0 Å². The lowest BCUT2D eigenvalue weighted by molar-refractivity contribution is 0.102. The molecule has 22 heavy (non-hydrogen) atoms. The fraction of sp³-hybridized carbons (Fsp3) is 0.235. The van der Waals surface area contributed by atoms with Gasteiger partial charge in [0.2, 0.25) is 0 Å². The summed E-state index contributed by atoms with van der Waals surface area (Å²) in [6, 6.07) is 12.2. The van der Waals surface area contributed by atoms with Crippen LogP contribution in [0, 0.1) is 0 Å². The largest absolute Gasteiger partial charge is 0.497 e. The van der Waals surface area contributed by atoms with Gasteiger partial charge in [-0.05, 0) is 49.4 Å². The van der Waals surface area contributed by atoms with Crippen LogP contribution in [0.25, 0.3) is 0 Å². The third kappa shape index (κ3) is 3.69. The van der Waals surface area contributed by atoms with Gasteiger partial charge in [-0.2, -0.15) is 0 Å². The van der Waals surface area contributed by atoms with Gasteiger partial charge in [0.25, 0.3) is 5.91 Å². The smallest absolute Gasteiger partial charge is 0.255 e. The molecule has 0 atom stereocenters. The van der Waals surface area contributed by atoms with Crippen molar-refractivity contribution < 1.29 is 19.0 Å². The van der Waals surface area contributed by atoms with Crippen LogP contribution in [0.5, 0.6) is 17.2 Å². The molecule has 0 bridgehead atoms. The average molecular weight is 301 g/mol. The maximum atomic E-state index is 12.3. The second-order valence-corrected chi connectivity index (χ2v) is 4.48. The third-order valence-corrected chi connectivity index (χ3v) is 3.07. The van der Waals surface area contributed by atoms with E-state index in [1.54, 1.807) is 56.7 Å². The van der Waals surface area contributed by atoms with Gasteiger partial charge in [-0.15, -0.1) is 0 Å². The Hall–Kier alpha value is -2.69. The van der Waals surface area contributed by atoms with Crippen molar-refractivity contribution in [1.29, 1.82) is 0 Å². The van der Waals surface area contributed by atoms with Crippen LogP contribution in [0.1, 0.15) is 17.3 Å². The summed E-state index contributed by atoms with van der Waals surface area (Å²) < 4.78 is 15.8. The van der Waals surface area contributed by atoms with E-state index in [9.17, 15) is 4.79 Å². The number of methoxy groups -OCH3 is 2. The second kappa shape index (κ2) is 7.36. The second-order valence-electron chi connectivity index (χ2n) is 4.48. The minimum absolute atomic E-state index is 0.216. The zero-order chi connectivity index (χ0) is 15.9. The van der Waals surface area contributed by atoms with Crippen molar-refractivity contribution in [3.8, 4) is 17.2 Å². The van der Waals surface area contributed by atoms with E-state index in [4.69, 9.17) is 14.2 Å². The van der Waals surface area contributed by atoms with Gasteiger partial charge in [0.15, 0.2) is 11.5 Å². The molecular formula is C17H19NO4. The Bertz CT molecular complexity index is 638. The lowest BCUT2D eigenvalue weighted by atomic mass is 10.2. The number of rotatable bonds is 6. The van der Waals surface area contributed by atoms with E-state index in [2.05, 4.69) is 5.32 Å². The first-order chi connectivity index (χ1) is 10.7. The van der Waals surface area contributed by atoms with Crippen LogP contribution in [-0.2, 0) is 0 Å². The Labute approximate surface area is 129 Å². The summed E-state index contributed by atoms with van der Waals surface area (Å²) in [5, 5.41) is 2.82. The van der Waals surface area contributed by atoms with E-state index in [0.717, 1.165) is 5.75 Å². The summed E-state index contributed by atoms with van der Waals surface area (Å²) in [7, 11) is 3.14. The summed E-state index contributed by atoms with van der Waals surface area (Å²) in [6.45, 7) is 2.43. The number of amides is 1. The van der Waals surface area contributed by atoms with Crippen LogP contribution in [-0.4, -0.2) is 26.7 Å². The number of carbonyl (C=O) groups is 1. The molecule has 0 spiro atoms. The van der Waals surface area contributed by atoms with Gasteiger partial charge >= 0.3 is 0 Å². The molecule has 5 heteroatoms. The lowest BCUT2D eigenvalue weighted by Gasteiger charge is -2.11. The molecule has 2 rings (SSSR count). The van der Waals surface area contributed by atoms with Crippen LogP contribution in [0.15, 0.2) is 42.5 Å². The quantitative estimate of drug-likeness (QED) is 0.889. The number of hydrogen-bond donors (Lipinski definition) is 1. The molecule has 5 nitrogen and oxygen atoms in total. The normalized spacial score (nSPS) is 9.95. The van der Waals surface area contributed by atoms with Gasteiger partial charge in [-0.25, -0.2) is 0 Å². The van der Waals surface area contributed by atoms with Crippen LogP contribution >= 0.6 is 0 Å². The Balaban J connectivity index is 2.14. The number of anilines is 1. The summed E-state index contributed by atoms with van der Waals surface area (Å²) in [4.78, 5) is 12.3. The van der Waals surface area contributed by atoms with Gasteiger partial charge in [0.1, 0.15) is 5.75 Å². The number of nitrogens with one attached hydrogen (secondary N) is 1. The first-order valence-electron chi connectivity index (χ1n) is 6.94. The van der Waals surface area contributed by atoms with Gasteiger partial charge in [0, 0.05) is 11.3 Å². The molecule has 0 aliphatic heterocycles. The molecule has 0 radical (unpaired) electrons. The molecule has 0 fully saturated rings. The predicted octanol–water partition coefficient (Wildman–Crippen LogP) is 3.35. The molecule has 116 valence electrons. The number of carbonyl (C=O) groups excluding carboxylic acids is 1. The molecule has 2 aromatic rings. The molecule has 0 aromatic heterocycles. The Kier molecular flexibility index (Phi) is 5.25. The molecule has 0 aliphatic rings. The van der Waals surface area contributed by atoms with E-state index in [1.807, 2.05) is 6.92 Å². The van der Waals surface area contributed by atoms with Gasteiger partial charge in [0.05, 0.1) is 20.8 Å². The maximum absolute atomic E-state index is 12.3. The van der Waals surface area contributed by atoms with Crippen molar-refractivity contribution in [2.45, 2.75) is 6.92 Å². The summed E-state index contributed by atoms with van der Waals surface area (Å²) in [5.41, 5.74) is 1.19. The Morgan fingerprint density at radius 2 is 1.73 bits per heavy atom. The molecule has 1 N–H and O–H groups in total. The number of ether oxygens (including phenoxy) is 3. The number of hydrogen-bond acceptors (Lipinski definition) is 4. The topological polar surface area (TPSA) is 56.8 Å². The summed E-state index contributed by atoms with van der Waals surface area (Å²) in [5.74, 6) is 1.67. The monoisotopic (exact) mass is 301 g/mol. The van der Waals surface area contributed by atoms with E-state index < -0.39 is 0 Å². The number of benzene rings is 2. The Morgan fingerprint density at radius 3 is 2.32 bits per heavy atom. The SMILES string of the molecule is CCOc1ccc(C(=O)Nc2ccc(OC)cc2)cc1OC. The lowest BCUT2D eigenvalue weighted by Crippen LogP contribution is -2.12. The van der Waals surface area contributed by atoms with Crippen molar-refractivity contribution in [3.63, 3.8) is 0 Å². The maximum Gasteiger partial charge on any atom is 0.255 e. The van der Waals surface area contributed by atoms with Gasteiger partial charge in [-0.3, -0.25) is 4.79 Å². The highest BCUT2D eigenvalue weighted by molar-refractivity contribution is 6.04. The van der Waals surface area contributed by atoms with E-state index in [0.29, 0.717) is 29.4 Å². The highest BCUT2D eigenvalue weighted by Crippen LogP contribution is 2.28. The van der Waals surface area contributed by atoms with Crippen LogP contribution in [0.4, 0.5) is 5.69 Å².